The first-order chi connectivity index (χ1) is 23.7. The van der Waals surface area contributed by atoms with Gasteiger partial charge in [-0.3, -0.25) is 4.90 Å². The Morgan fingerprint density at radius 1 is 0.840 bits per heavy atom. The molecular weight excluding hydrogens is 669 g/mol. The van der Waals surface area contributed by atoms with E-state index >= 15 is 0 Å². The molecule has 0 aliphatic carbocycles. The molecule has 14 heteroatoms. The fourth-order valence-electron chi connectivity index (χ4n) is 6.60. The maximum absolute atomic E-state index is 14.0. The number of piperidine rings is 2. The Bertz CT molecular complexity index is 1590. The number of alkyl carbamates (subject to hydrolysis) is 1. The van der Waals surface area contributed by atoms with Crippen molar-refractivity contribution in [1.82, 2.24) is 20.4 Å². The van der Waals surface area contributed by atoms with E-state index in [1.54, 1.807) is 13.0 Å². The van der Waals surface area contributed by atoms with Gasteiger partial charge >= 0.3 is 24.5 Å². The Morgan fingerprint density at radius 2 is 1.50 bits per heavy atom. The van der Waals surface area contributed by atoms with E-state index in [0.717, 1.165) is 32.5 Å². The summed E-state index contributed by atoms with van der Waals surface area (Å²) in [6, 6.07) is 14.3. The maximum atomic E-state index is 14.0. The largest absolute Gasteiger partial charge is 0.446 e. The Morgan fingerprint density at radius 3 is 2.12 bits per heavy atom. The van der Waals surface area contributed by atoms with E-state index in [9.17, 15) is 40.3 Å². The number of carbonyl (C=O) groups excluding carboxylic acids is 2. The normalized spacial score (nSPS) is 19.2. The number of likely N-dealkylation sites (tertiary alicyclic amines) is 2. The molecule has 3 aromatic rings. The number of hydrogen-bond donors (Lipinski definition) is 2. The topological polar surface area (TPSA) is 73.9 Å². The van der Waals surface area contributed by atoms with Gasteiger partial charge in [-0.15, -0.1) is 0 Å². The van der Waals surface area contributed by atoms with Crippen LogP contribution in [0.15, 0.2) is 66.7 Å². The molecule has 270 valence electrons. The Hall–Kier alpha value is -4.33. The highest BCUT2D eigenvalue weighted by Gasteiger charge is 2.38. The van der Waals surface area contributed by atoms with E-state index in [1.165, 1.54) is 22.6 Å². The molecule has 3 aromatic carbocycles. The highest BCUT2D eigenvalue weighted by Crippen LogP contribution is 2.37. The van der Waals surface area contributed by atoms with E-state index in [0.29, 0.717) is 23.3 Å². The van der Waals surface area contributed by atoms with Gasteiger partial charge in [0.1, 0.15) is 11.9 Å². The first kappa shape index (κ1) is 36.9. The molecule has 2 N–H and O–H groups in total. The van der Waals surface area contributed by atoms with Crippen molar-refractivity contribution in [3.63, 3.8) is 0 Å². The molecule has 2 fully saturated rings. The number of urea groups is 1. The second-order valence-electron chi connectivity index (χ2n) is 12.8. The second kappa shape index (κ2) is 15.7. The number of nitrogens with one attached hydrogen (secondary N) is 2. The van der Waals surface area contributed by atoms with E-state index in [1.807, 2.05) is 18.2 Å². The van der Waals surface area contributed by atoms with Crippen LogP contribution in [0.25, 0.3) is 0 Å². The number of amides is 3. The van der Waals surface area contributed by atoms with Crippen molar-refractivity contribution in [3.8, 4) is 0 Å². The summed E-state index contributed by atoms with van der Waals surface area (Å²) in [6.07, 6.45) is -9.39. The smallest absolute Gasteiger partial charge is 0.416 e. The summed E-state index contributed by atoms with van der Waals surface area (Å²) in [7, 11) is 0. The van der Waals surface area contributed by atoms with Crippen molar-refractivity contribution in [1.29, 1.82) is 0 Å². The van der Waals surface area contributed by atoms with Crippen LogP contribution in [0.4, 0.5) is 40.3 Å². The summed E-state index contributed by atoms with van der Waals surface area (Å²) in [5, 5.41) is 5.56. The van der Waals surface area contributed by atoms with E-state index in [4.69, 9.17) is 4.74 Å². The molecule has 0 bridgehead atoms. The highest BCUT2D eigenvalue weighted by molar-refractivity contribution is 5.75. The van der Waals surface area contributed by atoms with Crippen LogP contribution in [-0.2, 0) is 30.1 Å². The summed E-state index contributed by atoms with van der Waals surface area (Å²) in [5.41, 5.74) is -0.698. The summed E-state index contributed by atoms with van der Waals surface area (Å²) < 4.78 is 99.6. The number of halogens is 7. The van der Waals surface area contributed by atoms with Gasteiger partial charge in [-0.25, -0.2) is 14.0 Å². The second-order valence-corrected chi connectivity index (χ2v) is 12.8. The van der Waals surface area contributed by atoms with E-state index < -0.39 is 53.6 Å². The molecule has 3 amide bonds. The minimum Gasteiger partial charge on any atom is -0.446 e. The molecule has 2 saturated heterocycles. The van der Waals surface area contributed by atoms with Gasteiger partial charge in [-0.2, -0.15) is 26.3 Å². The first-order valence-corrected chi connectivity index (χ1v) is 16.5. The molecule has 2 atom stereocenters. The van der Waals surface area contributed by atoms with Crippen molar-refractivity contribution in [2.45, 2.75) is 76.1 Å². The summed E-state index contributed by atoms with van der Waals surface area (Å²) >= 11 is 0. The zero-order chi connectivity index (χ0) is 36.1. The molecule has 50 heavy (non-hydrogen) atoms. The van der Waals surface area contributed by atoms with E-state index in [2.05, 4.69) is 27.7 Å². The average Bonchev–Trinajstić information content (AvgIpc) is 3.05. The molecule has 0 radical (unpaired) electrons. The van der Waals surface area contributed by atoms with Crippen LogP contribution in [0, 0.1) is 12.7 Å². The number of alkyl halides is 6. The van der Waals surface area contributed by atoms with Gasteiger partial charge in [0.2, 0.25) is 0 Å². The molecule has 5 rings (SSSR count). The fourth-order valence-corrected chi connectivity index (χ4v) is 6.60. The summed E-state index contributed by atoms with van der Waals surface area (Å²) in [5.74, 6) is -0.473. The maximum Gasteiger partial charge on any atom is 0.416 e. The molecule has 0 aromatic heterocycles. The number of rotatable bonds is 8. The SMILES string of the molecule is Cc1cc(F)ccc1[C@H]1C[C@@H](OC(=O)NC2CCN(Cc3ccccc3)CC2)CCN1C(=O)NCCc1cc(C(F)(F)F)cc(C(F)(F)F)c1. The number of carbonyl (C=O) groups is 2. The minimum absolute atomic E-state index is 0.0555. The van der Waals surface area contributed by atoms with Crippen molar-refractivity contribution >= 4 is 12.1 Å². The van der Waals surface area contributed by atoms with Crippen LogP contribution < -0.4 is 10.6 Å². The van der Waals surface area contributed by atoms with Crippen LogP contribution in [0.3, 0.4) is 0 Å². The lowest BCUT2D eigenvalue weighted by atomic mass is 9.91. The van der Waals surface area contributed by atoms with Crippen LogP contribution in [0.2, 0.25) is 0 Å². The van der Waals surface area contributed by atoms with Crippen molar-refractivity contribution in [3.05, 3.63) is 106 Å². The third-order valence-electron chi connectivity index (χ3n) is 9.18. The van der Waals surface area contributed by atoms with Gasteiger partial charge in [0, 0.05) is 51.6 Å². The Labute approximate surface area is 285 Å². The van der Waals surface area contributed by atoms with Gasteiger partial charge in [0.15, 0.2) is 0 Å². The predicted octanol–water partition coefficient (Wildman–Crippen LogP) is 8.02. The monoisotopic (exact) mass is 708 g/mol. The summed E-state index contributed by atoms with van der Waals surface area (Å²) in [6.45, 7) is 4.04. The number of ether oxygens (including phenoxy) is 1. The number of benzene rings is 3. The molecule has 2 heterocycles. The predicted molar refractivity (Wildman–Crippen MR) is 172 cm³/mol. The van der Waals surface area contributed by atoms with Gasteiger partial charge < -0.3 is 20.3 Å². The lowest BCUT2D eigenvalue weighted by Gasteiger charge is -2.40. The van der Waals surface area contributed by atoms with Crippen molar-refractivity contribution < 1.29 is 45.1 Å². The number of nitrogens with zero attached hydrogens (tertiary/aromatic N) is 2. The average molecular weight is 709 g/mol. The van der Waals surface area contributed by atoms with E-state index in [-0.39, 0.29) is 50.0 Å². The molecular formula is C36H39F7N4O3. The summed E-state index contributed by atoms with van der Waals surface area (Å²) in [4.78, 5) is 30.1. The van der Waals surface area contributed by atoms with Crippen LogP contribution in [0.1, 0.15) is 65.1 Å². The van der Waals surface area contributed by atoms with Crippen molar-refractivity contribution in [2.75, 3.05) is 26.2 Å². The minimum atomic E-state index is -4.98. The van der Waals surface area contributed by atoms with Crippen LogP contribution >= 0.6 is 0 Å². The van der Waals surface area contributed by atoms with Gasteiger partial charge in [0.05, 0.1) is 17.2 Å². The van der Waals surface area contributed by atoms with Gasteiger partial charge in [-0.1, -0.05) is 36.4 Å². The molecule has 0 unspecified atom stereocenters. The highest BCUT2D eigenvalue weighted by atomic mass is 19.4. The quantitative estimate of drug-likeness (QED) is 0.233. The molecule has 7 nitrogen and oxygen atoms in total. The zero-order valence-corrected chi connectivity index (χ0v) is 27.4. The number of hydrogen-bond acceptors (Lipinski definition) is 4. The third kappa shape index (κ3) is 9.89. The van der Waals surface area contributed by atoms with Crippen LogP contribution in [0.5, 0.6) is 0 Å². The lowest BCUT2D eigenvalue weighted by Crippen LogP contribution is -2.49. The fraction of sp³-hybridized carbons (Fsp3) is 0.444. The molecule has 2 aliphatic heterocycles. The Kier molecular flexibility index (Phi) is 11.6. The van der Waals surface area contributed by atoms with Crippen molar-refractivity contribution in [2.24, 2.45) is 0 Å². The number of aryl methyl sites for hydroxylation is 1. The first-order valence-electron chi connectivity index (χ1n) is 16.5. The zero-order valence-electron chi connectivity index (χ0n) is 27.4. The lowest BCUT2D eigenvalue weighted by molar-refractivity contribution is -0.143. The standard InChI is InChI=1S/C36H39F7N4O3/c1-23-17-28(37)7-8-31(23)32-21-30(50-34(49)45-29-10-14-46(15-11-29)22-24-5-3-2-4-6-24)12-16-47(32)33(48)44-13-9-25-18-26(35(38,39)40)20-27(19-25)36(41,42)43/h2-8,17-20,29-30,32H,9-16,21-22H2,1H3,(H,44,48)(H,45,49)/t30-,32+/m0/s1. The van der Waals surface area contributed by atoms with Gasteiger partial charge in [0.25, 0.3) is 0 Å². The van der Waals surface area contributed by atoms with Gasteiger partial charge in [-0.05, 0) is 78.8 Å². The van der Waals surface area contributed by atoms with Crippen LogP contribution in [-0.4, -0.2) is 60.2 Å². The molecule has 2 aliphatic rings. The third-order valence-corrected chi connectivity index (χ3v) is 9.18. The Balaban J connectivity index is 1.19. The molecule has 0 saturated carbocycles. The molecule has 0 spiro atoms.